The second-order valence-corrected chi connectivity index (χ2v) is 4.54. The van der Waals surface area contributed by atoms with Gasteiger partial charge in [-0.2, -0.15) is 0 Å². The number of ether oxygens (including phenoxy) is 2. The number of rotatable bonds is 4. The molecule has 0 aliphatic rings. The van der Waals surface area contributed by atoms with Crippen molar-refractivity contribution >= 4 is 27.5 Å². The first kappa shape index (κ1) is 11.9. The molecule has 90 valence electrons. The molecule has 0 bridgehead atoms. The molecule has 1 heterocycles. The monoisotopic (exact) mass is 251 g/mol. The molecule has 0 aliphatic carbocycles. The number of thiazole rings is 1. The van der Waals surface area contributed by atoms with E-state index < -0.39 is 0 Å². The number of esters is 1. The Balaban J connectivity index is 2.27. The Kier molecular flexibility index (Phi) is 3.58. The standard InChI is InChI=1S/C12H13NO3S/c1-3-16-8-4-5-9-10(6-8)17-11(13-9)7-12(14)15-2/h4-6H,3,7H2,1-2H3. The van der Waals surface area contributed by atoms with Gasteiger partial charge in [-0.25, -0.2) is 4.98 Å². The number of methoxy groups -OCH3 is 1. The Morgan fingerprint density at radius 3 is 3.00 bits per heavy atom. The van der Waals surface area contributed by atoms with E-state index in [1.165, 1.54) is 18.4 Å². The molecule has 0 N–H and O–H groups in total. The van der Waals surface area contributed by atoms with Crippen LogP contribution in [0.5, 0.6) is 5.75 Å². The Bertz CT molecular complexity index is 536. The molecule has 0 saturated carbocycles. The highest BCUT2D eigenvalue weighted by Gasteiger charge is 2.09. The highest BCUT2D eigenvalue weighted by atomic mass is 32.1. The number of hydrogen-bond acceptors (Lipinski definition) is 5. The highest BCUT2D eigenvalue weighted by Crippen LogP contribution is 2.26. The molecule has 4 nitrogen and oxygen atoms in total. The molecule has 0 unspecified atom stereocenters. The van der Waals surface area contributed by atoms with Gasteiger partial charge in [0.1, 0.15) is 10.8 Å². The number of hydrogen-bond donors (Lipinski definition) is 0. The van der Waals surface area contributed by atoms with Crippen LogP contribution in [-0.4, -0.2) is 24.7 Å². The molecule has 17 heavy (non-hydrogen) atoms. The van der Waals surface area contributed by atoms with Gasteiger partial charge in [-0.3, -0.25) is 4.79 Å². The fourth-order valence-electron chi connectivity index (χ4n) is 1.48. The smallest absolute Gasteiger partial charge is 0.312 e. The van der Waals surface area contributed by atoms with Crippen LogP contribution in [0, 0.1) is 0 Å². The van der Waals surface area contributed by atoms with E-state index in [1.807, 2.05) is 25.1 Å². The Hall–Kier alpha value is -1.62. The molecule has 1 aromatic heterocycles. The number of carbonyl (C=O) groups is 1. The third kappa shape index (κ3) is 2.74. The molecule has 2 rings (SSSR count). The minimum atomic E-state index is -0.269. The van der Waals surface area contributed by atoms with Crippen LogP contribution in [-0.2, 0) is 16.0 Å². The lowest BCUT2D eigenvalue weighted by Crippen LogP contribution is -2.03. The van der Waals surface area contributed by atoms with Crippen molar-refractivity contribution in [2.45, 2.75) is 13.3 Å². The molecule has 0 radical (unpaired) electrons. The Morgan fingerprint density at radius 1 is 1.47 bits per heavy atom. The minimum Gasteiger partial charge on any atom is -0.494 e. The first-order valence-corrected chi connectivity index (χ1v) is 6.13. The normalized spacial score (nSPS) is 10.5. The van der Waals surface area contributed by atoms with Gasteiger partial charge >= 0.3 is 5.97 Å². The van der Waals surface area contributed by atoms with Crippen LogP contribution in [0.1, 0.15) is 11.9 Å². The number of fused-ring (bicyclic) bond motifs is 1. The van der Waals surface area contributed by atoms with E-state index in [2.05, 4.69) is 9.72 Å². The van der Waals surface area contributed by atoms with Gasteiger partial charge in [0.05, 0.1) is 30.4 Å². The molecule has 0 atom stereocenters. The van der Waals surface area contributed by atoms with Crippen molar-refractivity contribution < 1.29 is 14.3 Å². The zero-order valence-corrected chi connectivity index (χ0v) is 10.5. The summed E-state index contributed by atoms with van der Waals surface area (Å²) < 4.78 is 11.1. The molecule has 0 aliphatic heterocycles. The summed E-state index contributed by atoms with van der Waals surface area (Å²) in [6.07, 6.45) is 0.222. The van der Waals surface area contributed by atoms with Gasteiger partial charge in [0.15, 0.2) is 0 Å². The van der Waals surface area contributed by atoms with E-state index in [0.717, 1.165) is 21.0 Å². The van der Waals surface area contributed by atoms with Crippen molar-refractivity contribution in [3.8, 4) is 5.75 Å². The SMILES string of the molecule is CCOc1ccc2nc(CC(=O)OC)sc2c1. The molecular weight excluding hydrogens is 238 g/mol. The maximum absolute atomic E-state index is 11.1. The quantitative estimate of drug-likeness (QED) is 0.783. The van der Waals surface area contributed by atoms with Crippen molar-refractivity contribution in [1.29, 1.82) is 0 Å². The third-order valence-electron chi connectivity index (χ3n) is 2.24. The fourth-order valence-corrected chi connectivity index (χ4v) is 2.46. The predicted octanol–water partition coefficient (Wildman–Crippen LogP) is 2.41. The van der Waals surface area contributed by atoms with Gasteiger partial charge in [-0.05, 0) is 25.1 Å². The molecule has 0 spiro atoms. The predicted molar refractivity (Wildman–Crippen MR) is 66.5 cm³/mol. The van der Waals surface area contributed by atoms with Gasteiger partial charge in [-0.1, -0.05) is 0 Å². The van der Waals surface area contributed by atoms with Gasteiger partial charge in [0.25, 0.3) is 0 Å². The second kappa shape index (κ2) is 5.14. The number of carbonyl (C=O) groups excluding carboxylic acids is 1. The Morgan fingerprint density at radius 2 is 2.29 bits per heavy atom. The van der Waals surface area contributed by atoms with Crippen molar-refractivity contribution in [1.82, 2.24) is 4.98 Å². The molecule has 5 heteroatoms. The fraction of sp³-hybridized carbons (Fsp3) is 0.333. The van der Waals surface area contributed by atoms with Gasteiger partial charge < -0.3 is 9.47 Å². The summed E-state index contributed by atoms with van der Waals surface area (Å²) in [5, 5.41) is 0.764. The van der Waals surface area contributed by atoms with E-state index in [0.29, 0.717) is 6.61 Å². The zero-order chi connectivity index (χ0) is 12.3. The average molecular weight is 251 g/mol. The summed E-state index contributed by atoms with van der Waals surface area (Å²) in [6.45, 7) is 2.58. The second-order valence-electron chi connectivity index (χ2n) is 3.42. The lowest BCUT2D eigenvalue weighted by molar-refractivity contribution is -0.139. The molecular formula is C12H13NO3S. The zero-order valence-electron chi connectivity index (χ0n) is 9.73. The number of nitrogens with zero attached hydrogens (tertiary/aromatic N) is 1. The van der Waals surface area contributed by atoms with Crippen LogP contribution >= 0.6 is 11.3 Å². The molecule has 1 aromatic carbocycles. The largest absolute Gasteiger partial charge is 0.494 e. The summed E-state index contributed by atoms with van der Waals surface area (Å²) in [5.74, 6) is 0.558. The summed E-state index contributed by atoms with van der Waals surface area (Å²) in [4.78, 5) is 15.5. The number of aromatic nitrogens is 1. The van der Waals surface area contributed by atoms with Crippen molar-refractivity contribution in [2.24, 2.45) is 0 Å². The molecule has 2 aromatic rings. The first-order valence-electron chi connectivity index (χ1n) is 5.32. The molecule has 0 amide bonds. The van der Waals surface area contributed by atoms with Crippen LogP contribution in [0.3, 0.4) is 0 Å². The Labute approximate surface area is 103 Å². The lowest BCUT2D eigenvalue weighted by atomic mass is 10.3. The van der Waals surface area contributed by atoms with E-state index in [4.69, 9.17) is 4.74 Å². The molecule has 0 saturated heterocycles. The maximum atomic E-state index is 11.1. The summed E-state index contributed by atoms with van der Waals surface area (Å²) >= 11 is 1.49. The highest BCUT2D eigenvalue weighted by molar-refractivity contribution is 7.18. The van der Waals surface area contributed by atoms with Crippen molar-refractivity contribution in [3.05, 3.63) is 23.2 Å². The van der Waals surface area contributed by atoms with Gasteiger partial charge in [0.2, 0.25) is 0 Å². The minimum absolute atomic E-state index is 0.222. The van der Waals surface area contributed by atoms with E-state index in [1.54, 1.807) is 0 Å². The van der Waals surface area contributed by atoms with Crippen molar-refractivity contribution in [2.75, 3.05) is 13.7 Å². The van der Waals surface area contributed by atoms with Crippen LogP contribution in [0.2, 0.25) is 0 Å². The van der Waals surface area contributed by atoms with Crippen LogP contribution in [0.4, 0.5) is 0 Å². The third-order valence-corrected chi connectivity index (χ3v) is 3.26. The van der Waals surface area contributed by atoms with E-state index in [9.17, 15) is 4.79 Å². The van der Waals surface area contributed by atoms with E-state index >= 15 is 0 Å². The van der Waals surface area contributed by atoms with Gasteiger partial charge in [-0.15, -0.1) is 11.3 Å². The maximum Gasteiger partial charge on any atom is 0.312 e. The van der Waals surface area contributed by atoms with Crippen LogP contribution < -0.4 is 4.74 Å². The molecule has 0 fully saturated rings. The summed E-state index contributed by atoms with van der Waals surface area (Å²) in [6, 6.07) is 5.72. The summed E-state index contributed by atoms with van der Waals surface area (Å²) in [7, 11) is 1.38. The summed E-state index contributed by atoms with van der Waals surface area (Å²) in [5.41, 5.74) is 0.886. The lowest BCUT2D eigenvalue weighted by Gasteiger charge is -2.00. The number of benzene rings is 1. The van der Waals surface area contributed by atoms with Crippen LogP contribution in [0.25, 0.3) is 10.2 Å². The average Bonchev–Trinajstić information content (AvgIpc) is 2.70. The topological polar surface area (TPSA) is 48.4 Å². The van der Waals surface area contributed by atoms with Crippen LogP contribution in [0.15, 0.2) is 18.2 Å². The van der Waals surface area contributed by atoms with Crippen molar-refractivity contribution in [3.63, 3.8) is 0 Å². The van der Waals surface area contributed by atoms with Gasteiger partial charge in [0, 0.05) is 0 Å². The van der Waals surface area contributed by atoms with E-state index in [-0.39, 0.29) is 12.4 Å². The first-order chi connectivity index (χ1) is 8.22.